The molecule has 0 aliphatic carbocycles. The summed E-state index contributed by atoms with van der Waals surface area (Å²) in [5.74, 6) is 0.497. The molecule has 0 saturated carbocycles. The van der Waals surface area contributed by atoms with E-state index in [9.17, 15) is 4.79 Å². The van der Waals surface area contributed by atoms with Crippen molar-refractivity contribution in [3.8, 4) is 11.3 Å². The molecule has 0 fully saturated rings. The number of para-hydroxylation sites is 1. The highest BCUT2D eigenvalue weighted by atomic mass is 35.5. The van der Waals surface area contributed by atoms with Crippen LogP contribution in [-0.2, 0) is 17.6 Å². The minimum Gasteiger partial charge on any atom is -0.354 e. The standard InChI is InChI=1S/C20H17ClN4O/c21-15-5-3-4-13(10-15)8-9-22-20-23-12-14-11-18(26)24-17-7-2-1-6-16(17)19(14)25-20/h1-7,10,12H,8-9,11H2,(H,24,26)(H,22,23,25). The summed E-state index contributed by atoms with van der Waals surface area (Å²) in [7, 11) is 0. The second kappa shape index (κ2) is 7.14. The van der Waals surface area contributed by atoms with Gasteiger partial charge in [-0.3, -0.25) is 4.79 Å². The molecule has 1 amide bonds. The van der Waals surface area contributed by atoms with Crippen molar-refractivity contribution < 1.29 is 4.79 Å². The maximum absolute atomic E-state index is 12.1. The zero-order valence-corrected chi connectivity index (χ0v) is 14.8. The average Bonchev–Trinajstić information content (AvgIpc) is 2.77. The summed E-state index contributed by atoms with van der Waals surface area (Å²) in [6, 6.07) is 15.5. The lowest BCUT2D eigenvalue weighted by atomic mass is 10.1. The Morgan fingerprint density at radius 1 is 1.15 bits per heavy atom. The van der Waals surface area contributed by atoms with Gasteiger partial charge in [0.05, 0.1) is 17.8 Å². The van der Waals surface area contributed by atoms with Crippen molar-refractivity contribution in [2.45, 2.75) is 12.8 Å². The third kappa shape index (κ3) is 3.53. The number of anilines is 2. The van der Waals surface area contributed by atoms with Crippen molar-refractivity contribution in [3.05, 3.63) is 70.9 Å². The summed E-state index contributed by atoms with van der Waals surface area (Å²) in [6.07, 6.45) is 2.82. The van der Waals surface area contributed by atoms with E-state index in [1.807, 2.05) is 48.5 Å². The monoisotopic (exact) mass is 364 g/mol. The van der Waals surface area contributed by atoms with Crippen LogP contribution in [0.5, 0.6) is 0 Å². The molecule has 4 rings (SSSR count). The Hall–Kier alpha value is -2.92. The topological polar surface area (TPSA) is 66.9 Å². The summed E-state index contributed by atoms with van der Waals surface area (Å²) in [4.78, 5) is 21.1. The minimum absolute atomic E-state index is 0.0542. The SMILES string of the molecule is O=C1Cc2cnc(NCCc3cccc(Cl)c3)nc2-c2ccccc2N1. The number of nitrogens with one attached hydrogen (secondary N) is 2. The molecule has 0 bridgehead atoms. The molecule has 0 saturated heterocycles. The predicted molar refractivity (Wildman–Crippen MR) is 103 cm³/mol. The average molecular weight is 365 g/mol. The molecule has 1 aliphatic rings. The van der Waals surface area contributed by atoms with Gasteiger partial charge in [-0.2, -0.15) is 0 Å². The predicted octanol–water partition coefficient (Wildman–Crippen LogP) is 3.95. The summed E-state index contributed by atoms with van der Waals surface area (Å²) in [5.41, 5.74) is 4.46. The van der Waals surface area contributed by atoms with Crippen LogP contribution in [-0.4, -0.2) is 22.4 Å². The van der Waals surface area contributed by atoms with Crippen molar-refractivity contribution in [1.82, 2.24) is 9.97 Å². The van der Waals surface area contributed by atoms with E-state index in [1.165, 1.54) is 0 Å². The molecule has 0 unspecified atom stereocenters. The van der Waals surface area contributed by atoms with E-state index in [4.69, 9.17) is 11.6 Å². The van der Waals surface area contributed by atoms with Crippen LogP contribution in [0.1, 0.15) is 11.1 Å². The zero-order valence-electron chi connectivity index (χ0n) is 14.0. The van der Waals surface area contributed by atoms with Crippen molar-refractivity contribution in [3.63, 3.8) is 0 Å². The van der Waals surface area contributed by atoms with Crippen LogP contribution in [0.3, 0.4) is 0 Å². The first kappa shape index (κ1) is 16.5. The van der Waals surface area contributed by atoms with Crippen LogP contribution in [0, 0.1) is 0 Å². The van der Waals surface area contributed by atoms with Gasteiger partial charge >= 0.3 is 0 Å². The molecule has 2 heterocycles. The minimum atomic E-state index is -0.0542. The fourth-order valence-electron chi connectivity index (χ4n) is 3.03. The van der Waals surface area contributed by atoms with Gasteiger partial charge < -0.3 is 10.6 Å². The fraction of sp³-hybridized carbons (Fsp3) is 0.150. The van der Waals surface area contributed by atoms with Gasteiger partial charge in [-0.05, 0) is 30.2 Å². The van der Waals surface area contributed by atoms with Gasteiger partial charge in [0.1, 0.15) is 0 Å². The van der Waals surface area contributed by atoms with Gasteiger partial charge in [-0.25, -0.2) is 9.97 Å². The smallest absolute Gasteiger partial charge is 0.228 e. The number of aromatic nitrogens is 2. The third-order valence-electron chi connectivity index (χ3n) is 4.26. The second-order valence-electron chi connectivity index (χ2n) is 6.14. The van der Waals surface area contributed by atoms with Crippen molar-refractivity contribution in [2.24, 2.45) is 0 Å². The van der Waals surface area contributed by atoms with Crippen LogP contribution in [0.25, 0.3) is 11.3 Å². The second-order valence-corrected chi connectivity index (χ2v) is 6.58. The number of fused-ring (bicyclic) bond motifs is 3. The first-order valence-electron chi connectivity index (χ1n) is 8.42. The molecule has 130 valence electrons. The molecule has 0 spiro atoms. The van der Waals surface area contributed by atoms with Crippen LogP contribution >= 0.6 is 11.6 Å². The number of halogens is 1. The molecular formula is C20H17ClN4O. The van der Waals surface area contributed by atoms with Crippen LogP contribution in [0.4, 0.5) is 11.6 Å². The Morgan fingerprint density at radius 3 is 2.92 bits per heavy atom. The lowest BCUT2D eigenvalue weighted by molar-refractivity contribution is -0.115. The summed E-state index contributed by atoms with van der Waals surface area (Å²) < 4.78 is 0. The van der Waals surface area contributed by atoms with Crippen molar-refractivity contribution in [2.75, 3.05) is 17.2 Å². The van der Waals surface area contributed by atoms with Gasteiger partial charge in [0.25, 0.3) is 0 Å². The molecule has 3 aromatic rings. The van der Waals surface area contributed by atoms with Crippen LogP contribution in [0.15, 0.2) is 54.7 Å². The van der Waals surface area contributed by atoms with E-state index in [2.05, 4.69) is 20.6 Å². The van der Waals surface area contributed by atoms with Gasteiger partial charge in [0, 0.05) is 28.9 Å². The third-order valence-corrected chi connectivity index (χ3v) is 4.49. The number of rotatable bonds is 4. The maximum Gasteiger partial charge on any atom is 0.228 e. The number of amides is 1. The van der Waals surface area contributed by atoms with Crippen molar-refractivity contribution in [1.29, 1.82) is 0 Å². The molecule has 0 atom stereocenters. The molecule has 2 N–H and O–H groups in total. The van der Waals surface area contributed by atoms with E-state index in [0.29, 0.717) is 12.5 Å². The highest BCUT2D eigenvalue weighted by Crippen LogP contribution is 2.32. The Morgan fingerprint density at radius 2 is 2.04 bits per heavy atom. The molecule has 6 heteroatoms. The van der Waals surface area contributed by atoms with Gasteiger partial charge in [-0.1, -0.05) is 41.9 Å². The largest absolute Gasteiger partial charge is 0.354 e. The first-order chi connectivity index (χ1) is 12.7. The van der Waals surface area contributed by atoms with Crippen LogP contribution < -0.4 is 10.6 Å². The lowest BCUT2D eigenvalue weighted by Gasteiger charge is -2.10. The van der Waals surface area contributed by atoms with E-state index >= 15 is 0 Å². The first-order valence-corrected chi connectivity index (χ1v) is 8.80. The number of benzene rings is 2. The summed E-state index contributed by atoms with van der Waals surface area (Å²) in [6.45, 7) is 0.692. The normalized spacial score (nSPS) is 12.6. The molecule has 5 nitrogen and oxygen atoms in total. The van der Waals surface area contributed by atoms with E-state index in [1.54, 1.807) is 6.20 Å². The fourth-order valence-corrected chi connectivity index (χ4v) is 3.24. The molecule has 0 radical (unpaired) electrons. The van der Waals surface area contributed by atoms with Gasteiger partial charge in [-0.15, -0.1) is 0 Å². The Labute approximate surface area is 156 Å². The Balaban J connectivity index is 1.56. The molecular weight excluding hydrogens is 348 g/mol. The molecule has 2 aromatic carbocycles. The summed E-state index contributed by atoms with van der Waals surface area (Å²) >= 11 is 6.02. The molecule has 1 aromatic heterocycles. The van der Waals surface area contributed by atoms with E-state index in [0.717, 1.165) is 39.5 Å². The van der Waals surface area contributed by atoms with Gasteiger partial charge in [0.15, 0.2) is 0 Å². The molecule has 1 aliphatic heterocycles. The zero-order chi connectivity index (χ0) is 17.9. The lowest BCUT2D eigenvalue weighted by Crippen LogP contribution is -2.13. The highest BCUT2D eigenvalue weighted by molar-refractivity contribution is 6.30. The van der Waals surface area contributed by atoms with Crippen LogP contribution in [0.2, 0.25) is 5.02 Å². The summed E-state index contributed by atoms with van der Waals surface area (Å²) in [5, 5.41) is 6.91. The highest BCUT2D eigenvalue weighted by Gasteiger charge is 2.20. The number of hydrogen-bond donors (Lipinski definition) is 2. The maximum atomic E-state index is 12.1. The van der Waals surface area contributed by atoms with Gasteiger partial charge in [0.2, 0.25) is 11.9 Å². The van der Waals surface area contributed by atoms with Crippen molar-refractivity contribution >= 4 is 29.1 Å². The number of carbonyl (C=O) groups is 1. The Bertz CT molecular complexity index is 974. The number of nitrogens with zero attached hydrogens (tertiary/aromatic N) is 2. The molecule has 26 heavy (non-hydrogen) atoms. The van der Waals surface area contributed by atoms with E-state index < -0.39 is 0 Å². The number of carbonyl (C=O) groups excluding carboxylic acids is 1. The Kier molecular flexibility index (Phi) is 4.54. The number of hydrogen-bond acceptors (Lipinski definition) is 4. The van der Waals surface area contributed by atoms with E-state index in [-0.39, 0.29) is 12.3 Å². The quantitative estimate of drug-likeness (QED) is 0.735.